The Morgan fingerprint density at radius 2 is 1.93 bits per heavy atom. The highest BCUT2D eigenvalue weighted by molar-refractivity contribution is 6.34. The van der Waals surface area contributed by atoms with Crippen LogP contribution in [0.5, 0.6) is 11.5 Å². The van der Waals surface area contributed by atoms with Gasteiger partial charge in [0.1, 0.15) is 10.6 Å². The smallest absolute Gasteiger partial charge is 0.339 e. The number of hydrogen-bond donors (Lipinski definition) is 1. The fraction of sp³-hybridized carbons (Fsp3) is 0.222. The van der Waals surface area contributed by atoms with E-state index in [1.54, 1.807) is 0 Å². The second kappa shape index (κ2) is 4.35. The molecule has 0 bridgehead atoms. The molecular weight excluding hydrogens is 227 g/mol. The van der Waals surface area contributed by atoms with E-state index in [2.05, 4.69) is 4.74 Å². The van der Waals surface area contributed by atoms with Gasteiger partial charge >= 0.3 is 5.97 Å². The maximum atomic E-state index is 13.3. The molecule has 0 fully saturated rings. The van der Waals surface area contributed by atoms with Crippen molar-refractivity contribution in [3.63, 3.8) is 0 Å². The van der Waals surface area contributed by atoms with Crippen molar-refractivity contribution in [2.75, 3.05) is 14.2 Å². The van der Waals surface area contributed by atoms with Crippen LogP contribution in [0.4, 0.5) is 4.39 Å². The van der Waals surface area contributed by atoms with Gasteiger partial charge in [0.05, 0.1) is 14.2 Å². The maximum Gasteiger partial charge on any atom is 0.339 e. The number of rotatable bonds is 3. The van der Waals surface area contributed by atoms with Gasteiger partial charge in [-0.05, 0) is 6.07 Å². The van der Waals surface area contributed by atoms with Crippen LogP contribution in [-0.4, -0.2) is 25.3 Å². The number of halogens is 2. The summed E-state index contributed by atoms with van der Waals surface area (Å²) >= 11 is 5.71. The molecule has 0 saturated heterocycles. The number of carboxylic acids is 1. The van der Waals surface area contributed by atoms with Gasteiger partial charge in [0.2, 0.25) is 0 Å². The number of ether oxygens (including phenoxy) is 2. The van der Waals surface area contributed by atoms with Gasteiger partial charge in [0.25, 0.3) is 0 Å². The number of carbonyl (C=O) groups is 1. The predicted octanol–water partition coefficient (Wildman–Crippen LogP) is 2.19. The zero-order valence-electron chi connectivity index (χ0n) is 8.01. The van der Waals surface area contributed by atoms with Crippen LogP contribution in [0.3, 0.4) is 0 Å². The quantitative estimate of drug-likeness (QED) is 0.871. The number of benzene rings is 1. The third-order valence-electron chi connectivity index (χ3n) is 1.77. The first-order valence-electron chi connectivity index (χ1n) is 3.86. The molecule has 0 radical (unpaired) electrons. The van der Waals surface area contributed by atoms with Gasteiger partial charge in [-0.1, -0.05) is 11.6 Å². The fourth-order valence-electron chi connectivity index (χ4n) is 1.13. The van der Waals surface area contributed by atoms with E-state index < -0.39 is 11.8 Å². The third-order valence-corrected chi connectivity index (χ3v) is 2.11. The predicted molar refractivity (Wildman–Crippen MR) is 51.5 cm³/mol. The van der Waals surface area contributed by atoms with Crippen molar-refractivity contribution in [3.8, 4) is 11.5 Å². The monoisotopic (exact) mass is 234 g/mol. The molecule has 0 aliphatic rings. The Morgan fingerprint density at radius 3 is 2.33 bits per heavy atom. The van der Waals surface area contributed by atoms with E-state index in [0.717, 1.165) is 6.07 Å². The number of carboxylic acid groups (broad SMARTS) is 1. The third kappa shape index (κ3) is 1.97. The molecule has 4 nitrogen and oxygen atoms in total. The normalized spacial score (nSPS) is 9.87. The lowest BCUT2D eigenvalue weighted by atomic mass is 10.2. The minimum Gasteiger partial charge on any atom is -0.494 e. The van der Waals surface area contributed by atoms with Crippen LogP contribution in [0.25, 0.3) is 0 Å². The largest absolute Gasteiger partial charge is 0.494 e. The lowest BCUT2D eigenvalue weighted by Gasteiger charge is -2.11. The molecule has 15 heavy (non-hydrogen) atoms. The van der Waals surface area contributed by atoms with Crippen LogP contribution >= 0.6 is 11.6 Å². The van der Waals surface area contributed by atoms with E-state index in [4.69, 9.17) is 21.4 Å². The Balaban J connectivity index is 3.51. The van der Waals surface area contributed by atoms with Crippen molar-refractivity contribution < 1.29 is 23.8 Å². The zero-order valence-corrected chi connectivity index (χ0v) is 8.76. The highest BCUT2D eigenvalue weighted by atomic mass is 35.5. The lowest BCUT2D eigenvalue weighted by molar-refractivity contribution is 0.0692. The Morgan fingerprint density at radius 1 is 1.40 bits per heavy atom. The molecule has 0 amide bonds. The average Bonchev–Trinajstić information content (AvgIpc) is 2.17. The Labute approximate surface area is 90.2 Å². The molecule has 1 aromatic rings. The summed E-state index contributed by atoms with van der Waals surface area (Å²) in [6, 6.07) is 0.797. The van der Waals surface area contributed by atoms with Crippen molar-refractivity contribution >= 4 is 17.6 Å². The van der Waals surface area contributed by atoms with Crippen LogP contribution in [0, 0.1) is 5.82 Å². The SMILES string of the molecule is COc1c(F)cc(C(=O)O)c(OC)c1Cl. The zero-order chi connectivity index (χ0) is 11.6. The summed E-state index contributed by atoms with van der Waals surface area (Å²) in [4.78, 5) is 10.7. The van der Waals surface area contributed by atoms with Gasteiger partial charge < -0.3 is 14.6 Å². The molecule has 0 saturated carbocycles. The summed E-state index contributed by atoms with van der Waals surface area (Å²) in [5.41, 5.74) is -0.346. The van der Waals surface area contributed by atoms with E-state index in [0.29, 0.717) is 0 Å². The van der Waals surface area contributed by atoms with Gasteiger partial charge in [-0.2, -0.15) is 0 Å². The Kier molecular flexibility index (Phi) is 3.36. The number of methoxy groups -OCH3 is 2. The molecule has 0 atom stereocenters. The van der Waals surface area contributed by atoms with E-state index in [-0.39, 0.29) is 22.1 Å². The molecule has 82 valence electrons. The summed E-state index contributed by atoms with van der Waals surface area (Å²) < 4.78 is 22.7. The summed E-state index contributed by atoms with van der Waals surface area (Å²) in [5.74, 6) is -2.53. The van der Waals surface area contributed by atoms with Crippen molar-refractivity contribution in [1.29, 1.82) is 0 Å². The topological polar surface area (TPSA) is 55.8 Å². The van der Waals surface area contributed by atoms with E-state index in [1.807, 2.05) is 0 Å². The number of aromatic carboxylic acids is 1. The molecule has 0 unspecified atom stereocenters. The molecule has 0 aliphatic carbocycles. The molecule has 0 spiro atoms. The van der Waals surface area contributed by atoms with Crippen molar-refractivity contribution in [1.82, 2.24) is 0 Å². The molecule has 0 aliphatic heterocycles. The maximum absolute atomic E-state index is 13.3. The van der Waals surface area contributed by atoms with Crippen molar-refractivity contribution in [3.05, 3.63) is 22.5 Å². The minimum absolute atomic E-state index is 0.123. The van der Waals surface area contributed by atoms with E-state index in [9.17, 15) is 9.18 Å². The molecule has 6 heteroatoms. The molecule has 0 aromatic heterocycles. The first-order chi connectivity index (χ1) is 7.02. The van der Waals surface area contributed by atoms with Crippen molar-refractivity contribution in [2.24, 2.45) is 0 Å². The first kappa shape index (κ1) is 11.6. The van der Waals surface area contributed by atoms with E-state index >= 15 is 0 Å². The fourth-order valence-corrected chi connectivity index (χ4v) is 1.48. The Bertz CT molecular complexity index is 406. The van der Waals surface area contributed by atoms with Gasteiger partial charge in [0.15, 0.2) is 17.3 Å². The summed E-state index contributed by atoms with van der Waals surface area (Å²) in [6.45, 7) is 0. The van der Waals surface area contributed by atoms with Gasteiger partial charge in [-0.3, -0.25) is 0 Å². The highest BCUT2D eigenvalue weighted by Crippen LogP contribution is 2.38. The first-order valence-corrected chi connectivity index (χ1v) is 4.24. The summed E-state index contributed by atoms with van der Waals surface area (Å²) in [5, 5.41) is 8.57. The minimum atomic E-state index is -1.32. The summed E-state index contributed by atoms with van der Waals surface area (Å²) in [6.07, 6.45) is 0. The highest BCUT2D eigenvalue weighted by Gasteiger charge is 2.22. The van der Waals surface area contributed by atoms with Gasteiger partial charge in [0, 0.05) is 0 Å². The van der Waals surface area contributed by atoms with E-state index in [1.165, 1.54) is 14.2 Å². The lowest BCUT2D eigenvalue weighted by Crippen LogP contribution is -2.03. The molecule has 0 heterocycles. The van der Waals surface area contributed by atoms with Crippen LogP contribution in [0.15, 0.2) is 6.07 Å². The van der Waals surface area contributed by atoms with Crippen LogP contribution in [-0.2, 0) is 0 Å². The summed E-state index contributed by atoms with van der Waals surface area (Å²) in [7, 11) is 2.47. The van der Waals surface area contributed by atoms with Gasteiger partial charge in [-0.15, -0.1) is 0 Å². The second-order valence-electron chi connectivity index (χ2n) is 2.59. The van der Waals surface area contributed by atoms with Crippen LogP contribution < -0.4 is 9.47 Å². The van der Waals surface area contributed by atoms with Gasteiger partial charge in [-0.25, -0.2) is 9.18 Å². The van der Waals surface area contributed by atoms with Crippen molar-refractivity contribution in [2.45, 2.75) is 0 Å². The molecular formula is C9H8ClFO4. The second-order valence-corrected chi connectivity index (χ2v) is 2.97. The molecule has 1 aromatic carbocycles. The molecule has 1 rings (SSSR count). The van der Waals surface area contributed by atoms with Crippen LogP contribution in [0.1, 0.15) is 10.4 Å². The average molecular weight is 235 g/mol. The van der Waals surface area contributed by atoms with Crippen LogP contribution in [0.2, 0.25) is 5.02 Å². The Hall–Kier alpha value is -1.49. The number of hydrogen-bond acceptors (Lipinski definition) is 3. The standard InChI is InChI=1S/C9H8ClFO4/c1-14-7-4(9(12)13)3-5(11)8(15-2)6(7)10/h3H,1-2H3,(H,12,13). The molecule has 1 N–H and O–H groups in total.